The van der Waals surface area contributed by atoms with Gasteiger partial charge in [-0.05, 0) is 52.4 Å². The molecule has 0 fully saturated rings. The van der Waals surface area contributed by atoms with Crippen molar-refractivity contribution in [1.82, 2.24) is 0 Å². The minimum atomic E-state index is -0.468. The predicted molar refractivity (Wildman–Crippen MR) is 75.5 cm³/mol. The van der Waals surface area contributed by atoms with Crippen molar-refractivity contribution in [2.45, 2.75) is 53.4 Å². The Hall–Kier alpha value is -1.54. The molecule has 0 N–H and O–H groups in total. The Kier molecular flexibility index (Phi) is 8.67. The van der Waals surface area contributed by atoms with E-state index < -0.39 is 5.92 Å². The van der Waals surface area contributed by atoms with Gasteiger partial charge in [0, 0.05) is 0 Å². The van der Waals surface area contributed by atoms with Crippen LogP contribution in [-0.2, 0) is 0 Å². The van der Waals surface area contributed by atoms with Gasteiger partial charge in [0.05, 0.1) is 12.1 Å². The van der Waals surface area contributed by atoms with E-state index in [-0.39, 0.29) is 5.92 Å². The Bertz CT molecular complexity index is 359. The Morgan fingerprint density at radius 3 is 2.17 bits per heavy atom. The molecule has 0 saturated heterocycles. The molecular formula is C16H24N2. The summed E-state index contributed by atoms with van der Waals surface area (Å²) in [5, 5.41) is 17.6. The number of hydrogen-bond donors (Lipinski definition) is 0. The van der Waals surface area contributed by atoms with Crippen molar-refractivity contribution >= 4 is 0 Å². The van der Waals surface area contributed by atoms with E-state index in [1.165, 1.54) is 11.1 Å². The highest BCUT2D eigenvalue weighted by atomic mass is 14.3. The number of rotatable bonds is 7. The van der Waals surface area contributed by atoms with E-state index >= 15 is 0 Å². The van der Waals surface area contributed by atoms with Crippen LogP contribution in [0.2, 0.25) is 0 Å². The molecule has 0 saturated carbocycles. The van der Waals surface area contributed by atoms with Gasteiger partial charge in [-0.1, -0.05) is 30.2 Å². The molecule has 0 rings (SSSR count). The van der Waals surface area contributed by atoms with Crippen molar-refractivity contribution in [2.24, 2.45) is 11.8 Å². The largest absolute Gasteiger partial charge is 0.197 e. The molecule has 0 radical (unpaired) electrons. The fraction of sp³-hybridized carbons (Fsp3) is 0.625. The molecule has 98 valence electrons. The van der Waals surface area contributed by atoms with Gasteiger partial charge in [0.2, 0.25) is 0 Å². The lowest BCUT2D eigenvalue weighted by molar-refractivity contribution is 0.479. The average molecular weight is 244 g/mol. The zero-order valence-corrected chi connectivity index (χ0v) is 12.0. The Morgan fingerprint density at radius 2 is 1.67 bits per heavy atom. The molecule has 0 aromatic rings. The summed E-state index contributed by atoms with van der Waals surface area (Å²) in [5.41, 5.74) is 2.76. The van der Waals surface area contributed by atoms with Gasteiger partial charge in [-0.2, -0.15) is 10.5 Å². The molecule has 18 heavy (non-hydrogen) atoms. The lowest BCUT2D eigenvalue weighted by Crippen LogP contribution is -2.06. The third kappa shape index (κ3) is 7.69. The van der Waals surface area contributed by atoms with E-state index in [4.69, 9.17) is 10.5 Å². The number of nitrogens with zero attached hydrogens (tertiary/aromatic N) is 2. The van der Waals surface area contributed by atoms with Crippen molar-refractivity contribution in [1.29, 1.82) is 10.5 Å². The third-order valence-corrected chi connectivity index (χ3v) is 3.05. The van der Waals surface area contributed by atoms with Gasteiger partial charge in [0.25, 0.3) is 0 Å². The van der Waals surface area contributed by atoms with Gasteiger partial charge in [0.15, 0.2) is 0 Å². The first kappa shape index (κ1) is 16.5. The summed E-state index contributed by atoms with van der Waals surface area (Å²) in [6.07, 6.45) is 8.55. The maximum Gasteiger partial charge on any atom is 0.135 e. The van der Waals surface area contributed by atoms with Gasteiger partial charge < -0.3 is 0 Å². The van der Waals surface area contributed by atoms with Crippen LogP contribution in [0, 0.1) is 34.5 Å². The van der Waals surface area contributed by atoms with Crippen LogP contribution in [0.5, 0.6) is 0 Å². The van der Waals surface area contributed by atoms with Crippen LogP contribution in [0.3, 0.4) is 0 Å². The minimum absolute atomic E-state index is 0.154. The Balaban J connectivity index is 3.99. The topological polar surface area (TPSA) is 47.6 Å². The van der Waals surface area contributed by atoms with Crippen molar-refractivity contribution in [2.75, 3.05) is 0 Å². The summed E-state index contributed by atoms with van der Waals surface area (Å²) < 4.78 is 0. The normalized spacial score (nSPS) is 12.7. The van der Waals surface area contributed by atoms with Crippen LogP contribution in [0.25, 0.3) is 0 Å². The van der Waals surface area contributed by atoms with E-state index in [0.29, 0.717) is 0 Å². The average Bonchev–Trinajstić information content (AvgIpc) is 2.30. The molecule has 0 aliphatic carbocycles. The second-order valence-corrected chi connectivity index (χ2v) is 5.16. The molecule has 0 aliphatic rings. The lowest BCUT2D eigenvalue weighted by atomic mass is 9.92. The SMILES string of the molecule is CC(C)=CCC/C(C)=C/CCC(C)C(C#N)C#N. The van der Waals surface area contributed by atoms with Gasteiger partial charge in [-0.3, -0.25) is 0 Å². The number of hydrogen-bond acceptors (Lipinski definition) is 2. The maximum atomic E-state index is 8.78. The first-order chi connectivity index (χ1) is 8.51. The molecule has 0 aliphatic heterocycles. The number of allylic oxidation sites excluding steroid dienone is 4. The van der Waals surface area contributed by atoms with Gasteiger partial charge in [-0.25, -0.2) is 0 Å². The second-order valence-electron chi connectivity index (χ2n) is 5.16. The molecule has 0 aromatic heterocycles. The standard InChI is InChI=1S/C16H24N2/c1-13(2)7-5-8-14(3)9-6-10-15(4)16(11-17)12-18/h7,9,15-16H,5-6,8,10H2,1-4H3/b14-9+. The highest BCUT2D eigenvalue weighted by Gasteiger charge is 2.14. The van der Waals surface area contributed by atoms with Crippen LogP contribution in [0.4, 0.5) is 0 Å². The fourth-order valence-corrected chi connectivity index (χ4v) is 1.73. The lowest BCUT2D eigenvalue weighted by Gasteiger charge is -2.09. The van der Waals surface area contributed by atoms with Crippen LogP contribution < -0.4 is 0 Å². The molecule has 2 nitrogen and oxygen atoms in total. The number of nitriles is 2. The summed E-state index contributed by atoms with van der Waals surface area (Å²) in [6, 6.07) is 4.09. The van der Waals surface area contributed by atoms with Crippen molar-refractivity contribution < 1.29 is 0 Å². The van der Waals surface area contributed by atoms with Crippen LogP contribution in [0.1, 0.15) is 53.4 Å². The van der Waals surface area contributed by atoms with Gasteiger partial charge in [-0.15, -0.1) is 0 Å². The first-order valence-electron chi connectivity index (χ1n) is 6.59. The zero-order valence-electron chi connectivity index (χ0n) is 12.0. The molecular weight excluding hydrogens is 220 g/mol. The van der Waals surface area contributed by atoms with E-state index in [0.717, 1.165) is 25.7 Å². The highest BCUT2D eigenvalue weighted by Crippen LogP contribution is 2.17. The molecule has 1 unspecified atom stereocenters. The zero-order chi connectivity index (χ0) is 14.0. The third-order valence-electron chi connectivity index (χ3n) is 3.05. The fourth-order valence-electron chi connectivity index (χ4n) is 1.73. The summed E-state index contributed by atoms with van der Waals surface area (Å²) >= 11 is 0. The van der Waals surface area contributed by atoms with Crippen molar-refractivity contribution in [3.63, 3.8) is 0 Å². The smallest absolute Gasteiger partial charge is 0.135 e. The maximum absolute atomic E-state index is 8.78. The van der Waals surface area contributed by atoms with Crippen molar-refractivity contribution in [3.8, 4) is 12.1 Å². The van der Waals surface area contributed by atoms with Gasteiger partial charge >= 0.3 is 0 Å². The second kappa shape index (κ2) is 9.49. The summed E-state index contributed by atoms with van der Waals surface area (Å²) in [6.45, 7) is 8.36. The summed E-state index contributed by atoms with van der Waals surface area (Å²) in [7, 11) is 0. The minimum Gasteiger partial charge on any atom is -0.197 e. The molecule has 0 bridgehead atoms. The molecule has 0 aromatic carbocycles. The monoisotopic (exact) mass is 244 g/mol. The van der Waals surface area contributed by atoms with E-state index in [1.54, 1.807) is 0 Å². The Morgan fingerprint density at radius 1 is 1.06 bits per heavy atom. The van der Waals surface area contributed by atoms with Gasteiger partial charge in [0.1, 0.15) is 5.92 Å². The quantitative estimate of drug-likeness (QED) is 0.606. The summed E-state index contributed by atoms with van der Waals surface area (Å²) in [5.74, 6) is -0.314. The van der Waals surface area contributed by atoms with Crippen LogP contribution >= 0.6 is 0 Å². The van der Waals surface area contributed by atoms with E-state index in [1.807, 2.05) is 19.1 Å². The molecule has 0 heterocycles. The highest BCUT2D eigenvalue weighted by molar-refractivity contribution is 5.04. The molecule has 2 heteroatoms. The van der Waals surface area contributed by atoms with E-state index in [2.05, 4.69) is 32.9 Å². The Labute approximate surface area is 112 Å². The molecule has 0 amide bonds. The van der Waals surface area contributed by atoms with Crippen molar-refractivity contribution in [3.05, 3.63) is 23.3 Å². The van der Waals surface area contributed by atoms with E-state index in [9.17, 15) is 0 Å². The van der Waals surface area contributed by atoms with Crippen LogP contribution in [0.15, 0.2) is 23.3 Å². The predicted octanol–water partition coefficient (Wildman–Crippen LogP) is 4.76. The first-order valence-corrected chi connectivity index (χ1v) is 6.59. The molecule has 0 spiro atoms. The van der Waals surface area contributed by atoms with Crippen LogP contribution in [-0.4, -0.2) is 0 Å². The summed E-state index contributed by atoms with van der Waals surface area (Å²) in [4.78, 5) is 0. The molecule has 1 atom stereocenters.